The molecule has 0 aliphatic carbocycles. The molecule has 192 valence electrons. The third-order valence-electron chi connectivity index (χ3n) is 8.07. The van der Waals surface area contributed by atoms with Crippen LogP contribution in [0.3, 0.4) is 0 Å². The maximum Gasteiger partial charge on any atom is 0.312 e. The number of carbonyl (C=O) groups is 3. The van der Waals surface area contributed by atoms with Crippen molar-refractivity contribution in [3.63, 3.8) is 0 Å². The highest BCUT2D eigenvalue weighted by Gasteiger charge is 2.78. The molecule has 2 N–H and O–H groups in total. The van der Waals surface area contributed by atoms with Crippen molar-refractivity contribution in [1.82, 2.24) is 4.90 Å². The first-order valence-electron chi connectivity index (χ1n) is 12.8. The van der Waals surface area contributed by atoms with E-state index in [0.29, 0.717) is 24.9 Å². The van der Waals surface area contributed by atoms with E-state index in [9.17, 15) is 19.5 Å². The monoisotopic (exact) mass is 487 g/mol. The zero-order valence-electron chi connectivity index (χ0n) is 21.1. The summed E-state index contributed by atoms with van der Waals surface area (Å²) >= 11 is 0. The lowest BCUT2D eigenvalue weighted by Crippen LogP contribution is -2.53. The van der Waals surface area contributed by atoms with E-state index >= 15 is 0 Å². The van der Waals surface area contributed by atoms with Gasteiger partial charge in [0.2, 0.25) is 11.8 Å². The van der Waals surface area contributed by atoms with Crippen LogP contribution in [0, 0.1) is 11.8 Å². The molecule has 1 aromatic carbocycles. The number of aliphatic hydroxyl groups excluding tert-OH is 1. The molecular weight excluding hydrogens is 450 g/mol. The SMILES string of the molecule is CCOC(=O)[C@H]1[C@H]2C(=O)N(CCO)C(C(=O)Nc3ccc(N(CC)CC)cc3)C23CC[C@]1(CC)O3. The largest absolute Gasteiger partial charge is 0.466 e. The van der Waals surface area contributed by atoms with Crippen LogP contribution in [-0.4, -0.2) is 77.9 Å². The van der Waals surface area contributed by atoms with E-state index < -0.39 is 35.0 Å². The minimum Gasteiger partial charge on any atom is -0.466 e. The van der Waals surface area contributed by atoms with E-state index in [1.54, 1.807) is 6.92 Å². The van der Waals surface area contributed by atoms with Crippen LogP contribution in [0.25, 0.3) is 0 Å². The molecule has 3 saturated heterocycles. The van der Waals surface area contributed by atoms with Crippen molar-refractivity contribution in [3.8, 4) is 0 Å². The van der Waals surface area contributed by atoms with Crippen molar-refractivity contribution in [3.05, 3.63) is 24.3 Å². The molecule has 0 saturated carbocycles. The topological polar surface area (TPSA) is 108 Å². The highest BCUT2D eigenvalue weighted by Crippen LogP contribution is 2.64. The number of hydrogen-bond donors (Lipinski definition) is 2. The molecule has 0 aromatic heterocycles. The molecule has 0 radical (unpaired) electrons. The second-order valence-corrected chi connectivity index (χ2v) is 9.55. The van der Waals surface area contributed by atoms with Crippen molar-refractivity contribution >= 4 is 29.2 Å². The van der Waals surface area contributed by atoms with Gasteiger partial charge in [0.25, 0.3) is 0 Å². The van der Waals surface area contributed by atoms with E-state index in [4.69, 9.17) is 9.47 Å². The Morgan fingerprint density at radius 3 is 2.43 bits per heavy atom. The van der Waals surface area contributed by atoms with E-state index in [2.05, 4.69) is 24.1 Å². The van der Waals surface area contributed by atoms with Gasteiger partial charge in [0, 0.05) is 31.0 Å². The summed E-state index contributed by atoms with van der Waals surface area (Å²) in [7, 11) is 0. The summed E-state index contributed by atoms with van der Waals surface area (Å²) in [5, 5.41) is 12.6. The van der Waals surface area contributed by atoms with Crippen molar-refractivity contribution in [1.29, 1.82) is 0 Å². The smallest absolute Gasteiger partial charge is 0.312 e. The minimum absolute atomic E-state index is 0.00585. The number of likely N-dealkylation sites (tertiary alicyclic amines) is 1. The number of benzene rings is 1. The van der Waals surface area contributed by atoms with E-state index in [1.165, 1.54) is 4.90 Å². The second-order valence-electron chi connectivity index (χ2n) is 9.55. The second kappa shape index (κ2) is 9.78. The van der Waals surface area contributed by atoms with Gasteiger partial charge in [-0.25, -0.2) is 0 Å². The number of nitrogens with one attached hydrogen (secondary N) is 1. The van der Waals surface area contributed by atoms with Gasteiger partial charge in [0.1, 0.15) is 17.6 Å². The Morgan fingerprint density at radius 1 is 1.17 bits per heavy atom. The summed E-state index contributed by atoms with van der Waals surface area (Å²) in [4.78, 5) is 44.0. The van der Waals surface area contributed by atoms with Gasteiger partial charge in [-0.05, 0) is 64.3 Å². The molecule has 3 aliphatic rings. The lowest BCUT2D eigenvalue weighted by molar-refractivity contribution is -0.160. The van der Waals surface area contributed by atoms with Crippen molar-refractivity contribution < 1.29 is 29.0 Å². The maximum absolute atomic E-state index is 13.7. The molecule has 1 spiro atoms. The summed E-state index contributed by atoms with van der Waals surface area (Å²) < 4.78 is 11.9. The average Bonchev–Trinajstić information content (AvgIpc) is 3.45. The van der Waals surface area contributed by atoms with Gasteiger partial charge in [0.05, 0.1) is 24.7 Å². The van der Waals surface area contributed by atoms with Gasteiger partial charge in [-0.2, -0.15) is 0 Å². The maximum atomic E-state index is 13.7. The van der Waals surface area contributed by atoms with Gasteiger partial charge >= 0.3 is 5.97 Å². The molecule has 9 heteroatoms. The van der Waals surface area contributed by atoms with Gasteiger partial charge in [-0.3, -0.25) is 14.4 Å². The summed E-state index contributed by atoms with van der Waals surface area (Å²) in [5.41, 5.74) is -0.265. The standard InChI is InChI=1S/C26H37N3O6/c1-5-25-13-14-26(35-25)19(20(25)24(33)34-8-4)23(32)29(15-16-30)21(26)22(31)27-17-9-11-18(12-10-17)28(6-2)7-3/h9-12,19-21,30H,5-8,13-16H2,1-4H3,(H,27,31)/t19-,20+,21?,25-,26?/m0/s1. The van der Waals surface area contributed by atoms with E-state index in [-0.39, 0.29) is 31.6 Å². The molecule has 3 heterocycles. The number of rotatable bonds is 10. The van der Waals surface area contributed by atoms with Crippen molar-refractivity contribution in [2.45, 2.75) is 64.2 Å². The fraction of sp³-hybridized carbons (Fsp3) is 0.654. The third kappa shape index (κ3) is 3.89. The quantitative estimate of drug-likeness (QED) is 0.487. The summed E-state index contributed by atoms with van der Waals surface area (Å²) in [6, 6.07) is 6.65. The molecule has 3 fully saturated rings. The Balaban J connectivity index is 1.65. The van der Waals surface area contributed by atoms with Crippen molar-refractivity contribution in [2.75, 3.05) is 43.1 Å². The molecule has 2 unspecified atom stereocenters. The number of nitrogens with zero attached hydrogens (tertiary/aromatic N) is 2. The van der Waals surface area contributed by atoms with E-state index in [0.717, 1.165) is 18.8 Å². The third-order valence-corrected chi connectivity index (χ3v) is 8.07. The number of hydrogen-bond acceptors (Lipinski definition) is 7. The predicted molar refractivity (Wildman–Crippen MR) is 131 cm³/mol. The molecular formula is C26H37N3O6. The number of aliphatic hydroxyl groups is 1. The number of esters is 1. The molecule has 4 rings (SSSR count). The Morgan fingerprint density at radius 2 is 1.86 bits per heavy atom. The van der Waals surface area contributed by atoms with E-state index in [1.807, 2.05) is 31.2 Å². The summed E-state index contributed by atoms with van der Waals surface area (Å²) in [6.45, 7) is 9.51. The number of amides is 2. The van der Waals surface area contributed by atoms with Crippen molar-refractivity contribution in [2.24, 2.45) is 11.8 Å². The average molecular weight is 488 g/mol. The van der Waals surface area contributed by atoms with Gasteiger partial charge < -0.3 is 29.7 Å². The molecule has 35 heavy (non-hydrogen) atoms. The van der Waals surface area contributed by atoms with Crippen LogP contribution >= 0.6 is 0 Å². The Hall–Kier alpha value is -2.65. The van der Waals surface area contributed by atoms with Crippen LogP contribution in [0.2, 0.25) is 0 Å². The molecule has 1 aromatic rings. The molecule has 2 amide bonds. The van der Waals surface area contributed by atoms with Gasteiger partial charge in [-0.1, -0.05) is 6.92 Å². The lowest BCUT2D eigenvalue weighted by Gasteiger charge is -2.33. The predicted octanol–water partition coefficient (Wildman–Crippen LogP) is 2.18. The number of carbonyl (C=O) groups excluding carboxylic acids is 3. The number of β-amino-alcohol motifs (C(OH)–C–C–N with tert-alkyl or cyclic N) is 1. The number of anilines is 2. The zero-order chi connectivity index (χ0) is 25.4. The molecule has 2 bridgehead atoms. The fourth-order valence-corrected chi connectivity index (χ4v) is 6.51. The first-order chi connectivity index (χ1) is 16.8. The van der Waals surface area contributed by atoms with Crippen LogP contribution in [-0.2, 0) is 23.9 Å². The summed E-state index contributed by atoms with van der Waals surface area (Å²) in [5.74, 6) is -2.72. The fourth-order valence-electron chi connectivity index (χ4n) is 6.51. The van der Waals surface area contributed by atoms with Gasteiger partial charge in [-0.15, -0.1) is 0 Å². The molecule has 5 atom stereocenters. The van der Waals surface area contributed by atoms with Crippen LogP contribution < -0.4 is 10.2 Å². The Kier molecular flexibility index (Phi) is 7.11. The normalized spacial score (nSPS) is 30.9. The van der Waals surface area contributed by atoms with Crippen LogP contribution in [0.1, 0.15) is 47.0 Å². The number of ether oxygens (including phenoxy) is 2. The Bertz CT molecular complexity index is 964. The van der Waals surface area contributed by atoms with Crippen LogP contribution in [0.15, 0.2) is 24.3 Å². The minimum atomic E-state index is -1.12. The highest BCUT2D eigenvalue weighted by molar-refractivity contribution is 6.03. The van der Waals surface area contributed by atoms with Crippen LogP contribution in [0.4, 0.5) is 11.4 Å². The lowest BCUT2D eigenvalue weighted by atomic mass is 9.65. The Labute approximate surface area is 206 Å². The number of fused-ring (bicyclic) bond motifs is 1. The van der Waals surface area contributed by atoms with Gasteiger partial charge in [0.15, 0.2) is 0 Å². The molecule has 3 aliphatic heterocycles. The first-order valence-corrected chi connectivity index (χ1v) is 12.8. The highest BCUT2D eigenvalue weighted by atomic mass is 16.6. The molecule has 9 nitrogen and oxygen atoms in total. The van der Waals surface area contributed by atoms with Crippen LogP contribution in [0.5, 0.6) is 0 Å². The summed E-state index contributed by atoms with van der Waals surface area (Å²) in [6.07, 6.45) is 1.61. The zero-order valence-corrected chi connectivity index (χ0v) is 21.1. The first kappa shape index (κ1) is 25.4.